The molecule has 2 fully saturated rings. The van der Waals surface area contributed by atoms with Crippen LogP contribution in [0.3, 0.4) is 0 Å². The highest BCUT2D eigenvalue weighted by Crippen LogP contribution is 2.36. The molecule has 1 aromatic rings. The van der Waals surface area contributed by atoms with Crippen molar-refractivity contribution in [2.24, 2.45) is 16.8 Å². The van der Waals surface area contributed by atoms with E-state index in [1.165, 1.54) is 11.2 Å². The lowest BCUT2D eigenvalue weighted by Gasteiger charge is -2.34. The predicted octanol–water partition coefficient (Wildman–Crippen LogP) is 3.03. The summed E-state index contributed by atoms with van der Waals surface area (Å²) in [5.74, 6) is 1.56. The van der Waals surface area contributed by atoms with Crippen LogP contribution in [0.1, 0.15) is 63.0 Å². The summed E-state index contributed by atoms with van der Waals surface area (Å²) in [6.45, 7) is 4.77. The van der Waals surface area contributed by atoms with Gasteiger partial charge in [0.25, 0.3) is 5.91 Å². The van der Waals surface area contributed by atoms with E-state index in [-0.39, 0.29) is 23.5 Å². The van der Waals surface area contributed by atoms with Gasteiger partial charge in [-0.3, -0.25) is 14.6 Å². The van der Waals surface area contributed by atoms with E-state index < -0.39 is 15.6 Å². The Morgan fingerprint density at radius 2 is 1.92 bits per heavy atom. The van der Waals surface area contributed by atoms with Gasteiger partial charge in [0.05, 0.1) is 5.75 Å². The van der Waals surface area contributed by atoms with Crippen LogP contribution in [0.15, 0.2) is 23.2 Å². The first-order chi connectivity index (χ1) is 17.6. The lowest BCUT2D eigenvalue weighted by atomic mass is 9.80. The molecule has 2 heterocycles. The van der Waals surface area contributed by atoms with Gasteiger partial charge in [-0.15, -0.1) is 0 Å². The minimum atomic E-state index is -3.47. The number of anilines is 1. The molecule has 204 valence electrons. The number of methoxy groups -OCH3 is 1. The number of hydrogen-bond donors (Lipinski definition) is 2. The SMILES string of the molecule is COCCC1CCC(C2=NC3(CCN(S(=O)(=O)CCc4ccc(NC(C)=O)cc4C)CC3)C(=O)N2)CC1. The van der Waals surface area contributed by atoms with Crippen molar-refractivity contribution in [2.75, 3.05) is 37.9 Å². The summed E-state index contributed by atoms with van der Waals surface area (Å²) in [5.41, 5.74) is 1.75. The van der Waals surface area contributed by atoms with Gasteiger partial charge in [-0.1, -0.05) is 6.07 Å². The zero-order chi connectivity index (χ0) is 26.6. The zero-order valence-electron chi connectivity index (χ0n) is 22.2. The van der Waals surface area contributed by atoms with Crippen molar-refractivity contribution in [1.82, 2.24) is 9.62 Å². The fourth-order valence-corrected chi connectivity index (χ4v) is 7.32. The maximum Gasteiger partial charge on any atom is 0.253 e. The highest BCUT2D eigenvalue weighted by Gasteiger charge is 2.48. The van der Waals surface area contributed by atoms with Crippen LogP contribution in [0.2, 0.25) is 0 Å². The van der Waals surface area contributed by atoms with Crippen molar-refractivity contribution in [3.63, 3.8) is 0 Å². The highest BCUT2D eigenvalue weighted by molar-refractivity contribution is 7.89. The monoisotopic (exact) mass is 532 g/mol. The van der Waals surface area contributed by atoms with Gasteiger partial charge in [-0.2, -0.15) is 0 Å². The van der Waals surface area contributed by atoms with E-state index in [0.29, 0.717) is 44.0 Å². The number of hydrogen-bond acceptors (Lipinski definition) is 6. The van der Waals surface area contributed by atoms with E-state index in [0.717, 1.165) is 55.7 Å². The number of carbonyl (C=O) groups excluding carboxylic acids is 2. The molecule has 0 aromatic heterocycles. The number of nitrogens with one attached hydrogen (secondary N) is 2. The molecule has 10 heteroatoms. The van der Waals surface area contributed by atoms with E-state index in [1.54, 1.807) is 13.2 Å². The molecule has 1 spiro atoms. The normalized spacial score (nSPS) is 24.1. The molecule has 9 nitrogen and oxygen atoms in total. The number of sulfonamides is 1. The number of piperidine rings is 1. The van der Waals surface area contributed by atoms with Crippen LogP contribution in [-0.2, 0) is 30.8 Å². The summed E-state index contributed by atoms with van der Waals surface area (Å²) in [6, 6.07) is 5.52. The molecular weight excluding hydrogens is 492 g/mol. The molecule has 2 amide bonds. The number of amides is 2. The van der Waals surface area contributed by atoms with Gasteiger partial charge in [0, 0.05) is 45.3 Å². The predicted molar refractivity (Wildman–Crippen MR) is 144 cm³/mol. The van der Waals surface area contributed by atoms with E-state index in [1.807, 2.05) is 19.1 Å². The first-order valence-electron chi connectivity index (χ1n) is 13.4. The molecule has 37 heavy (non-hydrogen) atoms. The van der Waals surface area contributed by atoms with Crippen LogP contribution in [0.4, 0.5) is 5.69 Å². The number of amidine groups is 1. The fraction of sp³-hybridized carbons (Fsp3) is 0.667. The number of benzene rings is 1. The first kappa shape index (κ1) is 27.7. The smallest absolute Gasteiger partial charge is 0.253 e. The molecule has 3 aliphatic rings. The molecule has 2 aliphatic heterocycles. The number of aryl methyl sites for hydroxylation is 2. The van der Waals surface area contributed by atoms with Gasteiger partial charge in [0.15, 0.2) is 0 Å². The Hall–Kier alpha value is -2.30. The van der Waals surface area contributed by atoms with Crippen LogP contribution in [0.25, 0.3) is 0 Å². The topological polar surface area (TPSA) is 117 Å². The summed E-state index contributed by atoms with van der Waals surface area (Å²) >= 11 is 0. The lowest BCUT2D eigenvalue weighted by molar-refractivity contribution is -0.125. The van der Waals surface area contributed by atoms with Crippen molar-refractivity contribution >= 4 is 33.4 Å². The maximum absolute atomic E-state index is 13.1. The molecule has 0 unspecified atom stereocenters. The van der Waals surface area contributed by atoms with Gasteiger partial charge in [-0.05, 0) is 87.5 Å². The van der Waals surface area contributed by atoms with Crippen LogP contribution in [0.5, 0.6) is 0 Å². The van der Waals surface area contributed by atoms with E-state index >= 15 is 0 Å². The van der Waals surface area contributed by atoms with Gasteiger partial charge < -0.3 is 15.4 Å². The van der Waals surface area contributed by atoms with Crippen molar-refractivity contribution in [1.29, 1.82) is 0 Å². The Bertz CT molecular complexity index is 1130. The van der Waals surface area contributed by atoms with Crippen LogP contribution in [-0.4, -0.2) is 68.5 Å². The number of nitrogens with zero attached hydrogens (tertiary/aromatic N) is 2. The Morgan fingerprint density at radius 1 is 1.22 bits per heavy atom. The molecule has 1 aliphatic carbocycles. The van der Waals surface area contributed by atoms with E-state index in [4.69, 9.17) is 9.73 Å². The Balaban J connectivity index is 1.31. The molecule has 2 N–H and O–H groups in total. The molecule has 0 radical (unpaired) electrons. The standard InChI is InChI=1S/C27H40N4O5S/c1-19-18-24(28-20(2)32)9-8-22(19)11-17-37(34,35)31-14-12-27(13-15-31)26(33)29-25(30-27)23-6-4-21(5-7-23)10-16-36-3/h8-9,18,21,23H,4-7,10-17H2,1-3H3,(H,28,32)(H,29,30,33). The second-order valence-corrected chi connectivity index (χ2v) is 12.9. The third-order valence-electron chi connectivity index (χ3n) is 8.20. The summed E-state index contributed by atoms with van der Waals surface area (Å²) < 4.78 is 32.9. The van der Waals surface area contributed by atoms with Crippen LogP contribution in [0, 0.1) is 18.8 Å². The third-order valence-corrected chi connectivity index (χ3v) is 10.1. The minimum Gasteiger partial charge on any atom is -0.385 e. The molecule has 0 bridgehead atoms. The van der Waals surface area contributed by atoms with Crippen LogP contribution < -0.4 is 10.6 Å². The van der Waals surface area contributed by atoms with Crippen molar-refractivity contribution in [3.05, 3.63) is 29.3 Å². The molecule has 1 saturated heterocycles. The molecule has 1 aromatic carbocycles. The lowest BCUT2D eigenvalue weighted by Crippen LogP contribution is -2.51. The summed E-state index contributed by atoms with van der Waals surface area (Å²) in [4.78, 5) is 29.1. The fourth-order valence-electron chi connectivity index (χ4n) is 5.84. The third kappa shape index (κ3) is 6.59. The Morgan fingerprint density at radius 3 is 2.54 bits per heavy atom. The Labute approximate surface area is 220 Å². The van der Waals surface area contributed by atoms with Gasteiger partial charge in [0.2, 0.25) is 15.9 Å². The van der Waals surface area contributed by atoms with Crippen molar-refractivity contribution in [3.8, 4) is 0 Å². The number of carbonyl (C=O) groups is 2. The Kier molecular flexibility index (Phi) is 8.70. The zero-order valence-corrected chi connectivity index (χ0v) is 23.0. The number of ether oxygens (including phenoxy) is 1. The maximum atomic E-state index is 13.1. The summed E-state index contributed by atoms with van der Waals surface area (Å²) in [7, 11) is -1.73. The molecule has 1 saturated carbocycles. The average molecular weight is 533 g/mol. The van der Waals surface area contributed by atoms with E-state index in [9.17, 15) is 18.0 Å². The number of aliphatic imine (C=N–C) groups is 1. The van der Waals surface area contributed by atoms with Gasteiger partial charge in [0.1, 0.15) is 11.4 Å². The highest BCUT2D eigenvalue weighted by atomic mass is 32.2. The second-order valence-electron chi connectivity index (χ2n) is 10.8. The van der Waals surface area contributed by atoms with E-state index in [2.05, 4.69) is 10.6 Å². The molecular formula is C27H40N4O5S. The van der Waals surface area contributed by atoms with Crippen molar-refractivity contribution < 1.29 is 22.7 Å². The first-order valence-corrected chi connectivity index (χ1v) is 15.0. The summed E-state index contributed by atoms with van der Waals surface area (Å²) in [5, 5.41) is 5.80. The molecule has 4 rings (SSSR count). The second kappa shape index (κ2) is 11.6. The van der Waals surface area contributed by atoms with Gasteiger partial charge in [-0.25, -0.2) is 12.7 Å². The van der Waals surface area contributed by atoms with Gasteiger partial charge >= 0.3 is 0 Å². The summed E-state index contributed by atoms with van der Waals surface area (Å²) in [6.07, 6.45) is 6.59. The minimum absolute atomic E-state index is 0.00729. The molecule has 0 atom stereocenters. The quantitative estimate of drug-likeness (QED) is 0.507. The van der Waals surface area contributed by atoms with Crippen molar-refractivity contribution in [2.45, 2.75) is 70.8 Å². The largest absolute Gasteiger partial charge is 0.385 e. The van der Waals surface area contributed by atoms with Crippen LogP contribution >= 0.6 is 0 Å². The number of rotatable bonds is 9. The average Bonchev–Trinajstić information content (AvgIpc) is 3.17.